The largest absolute Gasteiger partial charge is 0.472 e. The average molecular weight is 544 g/mol. The number of nitrogens with two attached hydrogens (primary N) is 1. The first-order chi connectivity index (χ1) is 15.3. The van der Waals surface area contributed by atoms with Crippen LogP contribution >= 0.6 is 28.3 Å². The van der Waals surface area contributed by atoms with Crippen LogP contribution in [0.3, 0.4) is 0 Å². The van der Waals surface area contributed by atoms with Crippen LogP contribution < -0.4 is 21.3 Å². The lowest BCUT2D eigenvalue weighted by Crippen LogP contribution is -2.29. The molecule has 0 aliphatic heterocycles. The molecule has 11 heteroatoms. The SMILES string of the molecule is Cc1nc(OCc2ccc(F)cc2F)c(Br)c(=O)n1Cc1cccc(C(=O)NCCN)c1.Cl. The fourth-order valence-electron chi connectivity index (χ4n) is 2.96. The van der Waals surface area contributed by atoms with Crippen molar-refractivity contribution in [1.82, 2.24) is 14.9 Å². The zero-order valence-electron chi connectivity index (χ0n) is 17.6. The Morgan fingerprint density at radius 2 is 2.00 bits per heavy atom. The van der Waals surface area contributed by atoms with Crippen LogP contribution in [0, 0.1) is 18.6 Å². The molecule has 0 saturated heterocycles. The Balaban J connectivity index is 0.00000385. The lowest BCUT2D eigenvalue weighted by Gasteiger charge is -2.14. The second-order valence-corrected chi connectivity index (χ2v) is 7.73. The number of rotatable bonds is 8. The van der Waals surface area contributed by atoms with Crippen LogP contribution in [0.4, 0.5) is 8.78 Å². The summed E-state index contributed by atoms with van der Waals surface area (Å²) in [5.41, 5.74) is 6.32. The molecule has 0 fully saturated rings. The van der Waals surface area contributed by atoms with Crippen LogP contribution in [-0.2, 0) is 13.2 Å². The third-order valence-electron chi connectivity index (χ3n) is 4.61. The van der Waals surface area contributed by atoms with Gasteiger partial charge in [0.15, 0.2) is 0 Å². The minimum atomic E-state index is -0.749. The van der Waals surface area contributed by atoms with E-state index < -0.39 is 17.2 Å². The van der Waals surface area contributed by atoms with Crippen molar-refractivity contribution in [1.29, 1.82) is 0 Å². The summed E-state index contributed by atoms with van der Waals surface area (Å²) >= 11 is 3.20. The number of aryl methyl sites for hydroxylation is 1. The molecule has 3 N–H and O–H groups in total. The van der Waals surface area contributed by atoms with E-state index >= 15 is 0 Å². The number of ether oxygens (including phenoxy) is 1. The van der Waals surface area contributed by atoms with Gasteiger partial charge >= 0.3 is 0 Å². The van der Waals surface area contributed by atoms with E-state index in [1.54, 1.807) is 31.2 Å². The summed E-state index contributed by atoms with van der Waals surface area (Å²) in [6.45, 7) is 2.29. The number of carbonyl (C=O) groups is 1. The van der Waals surface area contributed by atoms with E-state index in [2.05, 4.69) is 26.2 Å². The van der Waals surface area contributed by atoms with E-state index in [9.17, 15) is 18.4 Å². The molecule has 0 aliphatic rings. The van der Waals surface area contributed by atoms with E-state index in [-0.39, 0.29) is 47.4 Å². The Kier molecular flexibility index (Phi) is 9.51. The highest BCUT2D eigenvalue weighted by atomic mass is 79.9. The molecule has 0 atom stereocenters. The van der Waals surface area contributed by atoms with Gasteiger partial charge in [-0.3, -0.25) is 14.2 Å². The van der Waals surface area contributed by atoms with Crippen LogP contribution in [0.15, 0.2) is 51.7 Å². The van der Waals surface area contributed by atoms with Crippen molar-refractivity contribution < 1.29 is 18.3 Å². The molecule has 0 bridgehead atoms. The Morgan fingerprint density at radius 3 is 2.70 bits per heavy atom. The number of nitrogens with one attached hydrogen (secondary N) is 1. The Morgan fingerprint density at radius 1 is 1.24 bits per heavy atom. The second kappa shape index (κ2) is 11.9. The number of halogens is 4. The highest BCUT2D eigenvalue weighted by Gasteiger charge is 2.16. The Bertz CT molecular complexity index is 1210. The zero-order chi connectivity index (χ0) is 23.3. The monoisotopic (exact) mass is 542 g/mol. The molecule has 0 unspecified atom stereocenters. The van der Waals surface area contributed by atoms with Gasteiger partial charge in [0.2, 0.25) is 5.88 Å². The third-order valence-corrected chi connectivity index (χ3v) is 5.29. The van der Waals surface area contributed by atoms with E-state index in [1.165, 1.54) is 10.6 Å². The highest BCUT2D eigenvalue weighted by Crippen LogP contribution is 2.21. The first-order valence-electron chi connectivity index (χ1n) is 9.71. The molecule has 0 radical (unpaired) electrons. The van der Waals surface area contributed by atoms with Gasteiger partial charge < -0.3 is 15.8 Å². The molecule has 3 aromatic rings. The summed E-state index contributed by atoms with van der Waals surface area (Å²) in [6.07, 6.45) is 0. The van der Waals surface area contributed by atoms with Crippen LogP contribution in [0.1, 0.15) is 27.3 Å². The van der Waals surface area contributed by atoms with E-state index in [4.69, 9.17) is 10.5 Å². The van der Waals surface area contributed by atoms with Gasteiger partial charge in [-0.2, -0.15) is 4.98 Å². The predicted molar refractivity (Wildman–Crippen MR) is 126 cm³/mol. The van der Waals surface area contributed by atoms with Gasteiger partial charge in [-0.25, -0.2) is 8.78 Å². The van der Waals surface area contributed by atoms with Crippen molar-refractivity contribution in [3.05, 3.63) is 91.4 Å². The molecule has 2 aromatic carbocycles. The van der Waals surface area contributed by atoms with Crippen LogP contribution in [0.2, 0.25) is 0 Å². The normalized spacial score (nSPS) is 10.5. The van der Waals surface area contributed by atoms with Crippen LogP contribution in [0.5, 0.6) is 5.88 Å². The first-order valence-corrected chi connectivity index (χ1v) is 10.5. The number of carbonyl (C=O) groups excluding carboxylic acids is 1. The van der Waals surface area contributed by atoms with Gasteiger partial charge in [-0.1, -0.05) is 12.1 Å². The van der Waals surface area contributed by atoms with Gasteiger partial charge in [-0.15, -0.1) is 12.4 Å². The maximum absolute atomic E-state index is 13.8. The van der Waals surface area contributed by atoms with Crippen molar-refractivity contribution in [2.24, 2.45) is 5.73 Å². The summed E-state index contributed by atoms with van der Waals surface area (Å²) < 4.78 is 33.9. The van der Waals surface area contributed by atoms with Crippen LogP contribution in [-0.4, -0.2) is 28.5 Å². The third kappa shape index (κ3) is 6.59. The smallest absolute Gasteiger partial charge is 0.272 e. The standard InChI is InChI=1S/C22H21BrF2N4O3.ClH/c1-13-28-21(32-12-16-5-6-17(24)10-18(16)25)19(23)22(31)29(13)11-14-3-2-4-15(9-14)20(30)27-8-7-26;/h2-6,9-10H,7-8,11-12,26H2,1H3,(H,27,30);1H. The van der Waals surface area contributed by atoms with E-state index in [0.717, 1.165) is 17.7 Å². The van der Waals surface area contributed by atoms with Gasteiger partial charge in [0.05, 0.1) is 6.54 Å². The van der Waals surface area contributed by atoms with E-state index in [0.29, 0.717) is 24.5 Å². The van der Waals surface area contributed by atoms with Crippen LogP contribution in [0.25, 0.3) is 0 Å². The number of hydrogen-bond donors (Lipinski definition) is 2. The van der Waals surface area contributed by atoms with Crippen molar-refractivity contribution in [3.8, 4) is 5.88 Å². The fourth-order valence-corrected chi connectivity index (χ4v) is 3.38. The summed E-state index contributed by atoms with van der Waals surface area (Å²) in [4.78, 5) is 29.3. The number of benzene rings is 2. The molecule has 7 nitrogen and oxygen atoms in total. The topological polar surface area (TPSA) is 99.2 Å². The molecule has 1 aromatic heterocycles. The van der Waals surface area contributed by atoms with Gasteiger partial charge in [0, 0.05) is 30.3 Å². The molecule has 0 aliphatic carbocycles. The molecular weight excluding hydrogens is 522 g/mol. The number of nitrogens with zero attached hydrogens (tertiary/aromatic N) is 2. The lowest BCUT2D eigenvalue weighted by molar-refractivity contribution is 0.0954. The molecule has 33 heavy (non-hydrogen) atoms. The molecule has 1 amide bonds. The minimum absolute atomic E-state index is 0. The molecule has 3 rings (SSSR count). The summed E-state index contributed by atoms with van der Waals surface area (Å²) in [5, 5.41) is 2.70. The fraction of sp³-hybridized carbons (Fsp3) is 0.227. The summed E-state index contributed by atoms with van der Waals surface area (Å²) in [7, 11) is 0. The Labute approximate surface area is 203 Å². The quantitative estimate of drug-likeness (QED) is 0.454. The minimum Gasteiger partial charge on any atom is -0.472 e. The first kappa shape index (κ1) is 26.4. The molecule has 1 heterocycles. The van der Waals surface area contributed by atoms with Crippen molar-refractivity contribution in [3.63, 3.8) is 0 Å². The molecular formula is C22H22BrClF2N4O3. The maximum Gasteiger partial charge on any atom is 0.272 e. The van der Waals surface area contributed by atoms with Gasteiger partial charge in [0.25, 0.3) is 11.5 Å². The average Bonchev–Trinajstić information content (AvgIpc) is 2.77. The zero-order valence-corrected chi connectivity index (χ0v) is 20.0. The van der Waals surface area contributed by atoms with Crippen molar-refractivity contribution in [2.75, 3.05) is 13.1 Å². The summed E-state index contributed by atoms with van der Waals surface area (Å²) in [5.74, 6) is -1.32. The number of aromatic nitrogens is 2. The lowest BCUT2D eigenvalue weighted by atomic mass is 10.1. The van der Waals surface area contributed by atoms with Crippen molar-refractivity contribution in [2.45, 2.75) is 20.1 Å². The molecule has 0 saturated carbocycles. The number of hydrogen-bond acceptors (Lipinski definition) is 5. The molecule has 176 valence electrons. The van der Waals surface area contributed by atoms with Gasteiger partial charge in [0.1, 0.15) is 28.5 Å². The highest BCUT2D eigenvalue weighted by molar-refractivity contribution is 9.10. The predicted octanol–water partition coefficient (Wildman–Crippen LogP) is 3.33. The second-order valence-electron chi connectivity index (χ2n) is 6.94. The molecule has 0 spiro atoms. The van der Waals surface area contributed by atoms with Gasteiger partial charge in [-0.05, 0) is 52.7 Å². The maximum atomic E-state index is 13.8. The van der Waals surface area contributed by atoms with Crippen molar-refractivity contribution >= 4 is 34.2 Å². The summed E-state index contributed by atoms with van der Waals surface area (Å²) in [6, 6.07) is 10.0. The number of amides is 1. The van der Waals surface area contributed by atoms with E-state index in [1.807, 2.05) is 0 Å². The Hall–Kier alpha value is -2.82.